The Kier molecular flexibility index (Phi) is 5.33. The van der Waals surface area contributed by atoms with Crippen LogP contribution in [0.3, 0.4) is 0 Å². The topological polar surface area (TPSA) is 65.0 Å². The van der Waals surface area contributed by atoms with Crippen molar-refractivity contribution in [3.05, 3.63) is 35.9 Å². The van der Waals surface area contributed by atoms with Crippen molar-refractivity contribution >= 4 is 5.97 Å². The van der Waals surface area contributed by atoms with Crippen LogP contribution in [0.25, 0.3) is 0 Å². The first kappa shape index (κ1) is 15.9. The summed E-state index contributed by atoms with van der Waals surface area (Å²) in [5.41, 5.74) is 0.951. The van der Waals surface area contributed by atoms with Crippen molar-refractivity contribution in [3.8, 4) is 0 Å². The average molecular weight is 294 g/mol. The van der Waals surface area contributed by atoms with Crippen molar-refractivity contribution < 1.29 is 24.1 Å². The minimum absolute atomic E-state index is 0.0810. The maximum Gasteiger partial charge on any atom is 0.308 e. The molecule has 116 valence electrons. The number of carbonyl (C=O) groups excluding carboxylic acids is 1. The largest absolute Gasteiger partial charge is 0.461 e. The van der Waals surface area contributed by atoms with Crippen LogP contribution in [0.15, 0.2) is 30.3 Å². The standard InChI is InChI=1S/C16H22O5/c1-16(2)20-13(8-14(10-17)21-16)9-15(18)19-11-12-6-4-3-5-7-12/h3-7,13-14,17H,8-11H2,1-2H3. The van der Waals surface area contributed by atoms with Gasteiger partial charge >= 0.3 is 5.97 Å². The molecule has 1 aromatic rings. The van der Waals surface area contributed by atoms with Crippen molar-refractivity contribution in [2.75, 3.05) is 6.61 Å². The fourth-order valence-electron chi connectivity index (χ4n) is 2.44. The van der Waals surface area contributed by atoms with E-state index in [0.717, 1.165) is 5.56 Å². The van der Waals surface area contributed by atoms with Crippen molar-refractivity contribution in [1.29, 1.82) is 0 Å². The first-order valence-corrected chi connectivity index (χ1v) is 7.14. The van der Waals surface area contributed by atoms with Crippen molar-refractivity contribution in [2.24, 2.45) is 0 Å². The molecule has 2 rings (SSSR count). The minimum Gasteiger partial charge on any atom is -0.461 e. The van der Waals surface area contributed by atoms with Crippen LogP contribution in [0.1, 0.15) is 32.3 Å². The molecule has 0 bridgehead atoms. The van der Waals surface area contributed by atoms with Gasteiger partial charge in [0.2, 0.25) is 0 Å². The van der Waals surface area contributed by atoms with Gasteiger partial charge in [-0.15, -0.1) is 0 Å². The van der Waals surface area contributed by atoms with Gasteiger partial charge in [0.05, 0.1) is 25.2 Å². The van der Waals surface area contributed by atoms with E-state index in [-0.39, 0.29) is 37.8 Å². The monoisotopic (exact) mass is 294 g/mol. The molecule has 1 heterocycles. The van der Waals surface area contributed by atoms with E-state index in [4.69, 9.17) is 14.2 Å². The Bertz CT molecular complexity index is 457. The lowest BCUT2D eigenvalue weighted by Crippen LogP contribution is -2.46. The highest BCUT2D eigenvalue weighted by molar-refractivity contribution is 5.70. The quantitative estimate of drug-likeness (QED) is 0.842. The minimum atomic E-state index is -0.796. The predicted molar refractivity (Wildman–Crippen MR) is 76.4 cm³/mol. The summed E-state index contributed by atoms with van der Waals surface area (Å²) in [7, 11) is 0. The van der Waals surface area contributed by atoms with Crippen LogP contribution in [0.4, 0.5) is 0 Å². The smallest absolute Gasteiger partial charge is 0.308 e. The molecule has 1 saturated heterocycles. The van der Waals surface area contributed by atoms with E-state index in [1.807, 2.05) is 30.3 Å². The van der Waals surface area contributed by atoms with Gasteiger partial charge in [-0.25, -0.2) is 0 Å². The number of benzene rings is 1. The van der Waals surface area contributed by atoms with Gasteiger partial charge in [-0.05, 0) is 19.4 Å². The number of rotatable bonds is 5. The second-order valence-corrected chi connectivity index (χ2v) is 5.65. The third-order valence-electron chi connectivity index (χ3n) is 3.27. The zero-order chi connectivity index (χ0) is 15.3. The van der Waals surface area contributed by atoms with E-state index in [1.165, 1.54) is 0 Å². The normalized spacial score (nSPS) is 24.5. The molecule has 0 saturated carbocycles. The fraction of sp³-hybridized carbons (Fsp3) is 0.562. The van der Waals surface area contributed by atoms with Crippen LogP contribution in [0.2, 0.25) is 0 Å². The number of hydrogen-bond acceptors (Lipinski definition) is 5. The van der Waals surface area contributed by atoms with Crippen LogP contribution >= 0.6 is 0 Å². The van der Waals surface area contributed by atoms with Gasteiger partial charge < -0.3 is 19.3 Å². The molecule has 0 amide bonds. The summed E-state index contributed by atoms with van der Waals surface area (Å²) in [4.78, 5) is 11.9. The van der Waals surface area contributed by atoms with Crippen molar-refractivity contribution in [2.45, 2.75) is 51.3 Å². The first-order chi connectivity index (χ1) is 9.98. The van der Waals surface area contributed by atoms with Gasteiger partial charge in [0.1, 0.15) is 6.61 Å². The van der Waals surface area contributed by atoms with E-state index in [1.54, 1.807) is 13.8 Å². The first-order valence-electron chi connectivity index (χ1n) is 7.14. The van der Waals surface area contributed by atoms with Gasteiger partial charge in [-0.3, -0.25) is 4.79 Å². The van der Waals surface area contributed by atoms with Crippen molar-refractivity contribution in [3.63, 3.8) is 0 Å². The molecule has 0 aliphatic carbocycles. The SMILES string of the molecule is CC1(C)OC(CO)CC(CC(=O)OCc2ccccc2)O1. The average Bonchev–Trinajstić information content (AvgIpc) is 2.44. The molecule has 5 heteroatoms. The van der Waals surface area contributed by atoms with Gasteiger partial charge in [-0.1, -0.05) is 30.3 Å². The van der Waals surface area contributed by atoms with E-state index in [2.05, 4.69) is 0 Å². The van der Waals surface area contributed by atoms with E-state index in [9.17, 15) is 9.90 Å². The molecule has 1 aliphatic rings. The van der Waals surface area contributed by atoms with Gasteiger partial charge in [-0.2, -0.15) is 0 Å². The summed E-state index contributed by atoms with van der Waals surface area (Å²) >= 11 is 0. The highest BCUT2D eigenvalue weighted by Crippen LogP contribution is 2.28. The Morgan fingerprint density at radius 1 is 1.29 bits per heavy atom. The zero-order valence-corrected chi connectivity index (χ0v) is 12.5. The summed E-state index contributed by atoms with van der Waals surface area (Å²) in [6, 6.07) is 9.53. The number of esters is 1. The highest BCUT2D eigenvalue weighted by atomic mass is 16.7. The molecule has 21 heavy (non-hydrogen) atoms. The maximum atomic E-state index is 11.9. The second kappa shape index (κ2) is 7.02. The molecule has 1 fully saturated rings. The number of carbonyl (C=O) groups is 1. The lowest BCUT2D eigenvalue weighted by Gasteiger charge is -2.39. The van der Waals surface area contributed by atoms with Crippen LogP contribution in [0, 0.1) is 0 Å². The second-order valence-electron chi connectivity index (χ2n) is 5.65. The number of aliphatic hydroxyl groups excluding tert-OH is 1. The Hall–Kier alpha value is -1.43. The molecule has 5 nitrogen and oxygen atoms in total. The zero-order valence-electron chi connectivity index (χ0n) is 12.5. The molecule has 1 N–H and O–H groups in total. The third-order valence-corrected chi connectivity index (χ3v) is 3.27. The van der Waals surface area contributed by atoms with Gasteiger partial charge in [0.25, 0.3) is 0 Å². The summed E-state index contributed by atoms with van der Waals surface area (Å²) in [5.74, 6) is -1.10. The molecule has 0 radical (unpaired) electrons. The summed E-state index contributed by atoms with van der Waals surface area (Å²) < 4.78 is 16.5. The van der Waals surface area contributed by atoms with Gasteiger partial charge in [0, 0.05) is 6.42 Å². The van der Waals surface area contributed by atoms with Crippen molar-refractivity contribution in [1.82, 2.24) is 0 Å². The fourth-order valence-corrected chi connectivity index (χ4v) is 2.44. The lowest BCUT2D eigenvalue weighted by atomic mass is 10.1. The van der Waals surface area contributed by atoms with E-state index < -0.39 is 5.79 Å². The Balaban J connectivity index is 1.81. The molecular formula is C16H22O5. The summed E-state index contributed by atoms with van der Waals surface area (Å²) in [6.07, 6.45) is 0.0473. The predicted octanol–water partition coefficient (Wildman–Crippen LogP) is 2.02. The highest BCUT2D eigenvalue weighted by Gasteiger charge is 2.36. The van der Waals surface area contributed by atoms with Crippen LogP contribution in [-0.4, -0.2) is 35.7 Å². The van der Waals surface area contributed by atoms with Crippen LogP contribution < -0.4 is 0 Å². The van der Waals surface area contributed by atoms with E-state index >= 15 is 0 Å². The number of aliphatic hydroxyl groups is 1. The molecule has 2 unspecified atom stereocenters. The summed E-state index contributed by atoms with van der Waals surface area (Å²) in [6.45, 7) is 3.73. The molecule has 1 aliphatic heterocycles. The number of hydrogen-bond donors (Lipinski definition) is 1. The maximum absolute atomic E-state index is 11.9. The number of ether oxygens (including phenoxy) is 3. The lowest BCUT2D eigenvalue weighted by molar-refractivity contribution is -0.304. The van der Waals surface area contributed by atoms with Gasteiger partial charge in [0.15, 0.2) is 5.79 Å². The van der Waals surface area contributed by atoms with E-state index in [0.29, 0.717) is 6.42 Å². The Morgan fingerprint density at radius 3 is 2.62 bits per heavy atom. The molecule has 0 aromatic heterocycles. The third kappa shape index (κ3) is 5.12. The molecule has 2 atom stereocenters. The summed E-state index contributed by atoms with van der Waals surface area (Å²) in [5, 5.41) is 9.23. The van der Waals surface area contributed by atoms with Crippen LogP contribution in [-0.2, 0) is 25.6 Å². The molecular weight excluding hydrogens is 272 g/mol. The Morgan fingerprint density at radius 2 is 1.95 bits per heavy atom. The van der Waals surface area contributed by atoms with Crippen LogP contribution in [0.5, 0.6) is 0 Å². The molecule has 0 spiro atoms. The Labute approximate surface area is 124 Å². The molecule has 1 aromatic carbocycles.